The van der Waals surface area contributed by atoms with Gasteiger partial charge in [-0.1, -0.05) is 43.2 Å². The summed E-state index contributed by atoms with van der Waals surface area (Å²) in [5.41, 5.74) is 3.98. The highest BCUT2D eigenvalue weighted by Gasteiger charge is 2.26. The quantitative estimate of drug-likeness (QED) is 0.763. The zero-order valence-corrected chi connectivity index (χ0v) is 16.6. The molecule has 1 aliphatic heterocycles. The Labute approximate surface area is 166 Å². The number of ether oxygens (including phenoxy) is 1. The minimum atomic E-state index is -0.232. The van der Waals surface area contributed by atoms with Gasteiger partial charge in [0.15, 0.2) is 0 Å². The van der Waals surface area contributed by atoms with Crippen LogP contribution in [0.25, 0.3) is 0 Å². The lowest BCUT2D eigenvalue weighted by Crippen LogP contribution is -2.37. The number of carbonyl (C=O) groups is 2. The molecule has 0 saturated carbocycles. The number of rotatable bonds is 7. The number of unbranched alkanes of at least 4 members (excludes halogenated alkanes) is 1. The molecule has 2 aromatic rings. The molecule has 0 fully saturated rings. The van der Waals surface area contributed by atoms with Crippen LogP contribution in [-0.4, -0.2) is 18.4 Å². The van der Waals surface area contributed by atoms with Gasteiger partial charge in [0, 0.05) is 18.7 Å². The first-order chi connectivity index (χ1) is 13.5. The highest BCUT2D eigenvalue weighted by Crippen LogP contribution is 2.30. The summed E-state index contributed by atoms with van der Waals surface area (Å²) < 4.78 is 5.78. The number of nitrogens with one attached hydrogen (secondary N) is 2. The summed E-state index contributed by atoms with van der Waals surface area (Å²) in [6, 6.07) is 13.8. The molecule has 0 saturated heterocycles. The molecule has 0 aromatic heterocycles. The van der Waals surface area contributed by atoms with E-state index in [9.17, 15) is 9.59 Å². The molecular weight excluding hydrogens is 352 g/mol. The first-order valence-corrected chi connectivity index (χ1v) is 9.94. The van der Waals surface area contributed by atoms with Crippen molar-refractivity contribution in [2.24, 2.45) is 5.92 Å². The largest absolute Gasteiger partial charge is 0.492 e. The van der Waals surface area contributed by atoms with E-state index in [2.05, 4.69) is 17.6 Å². The molecular formula is C23H28N2O3. The standard InChI is InChI=1S/C23H28N2O3/c1-3-4-5-22(26)25-20-10-11-21-18(13-20)12-19(15-28-21)23(27)24-14-17-8-6-16(2)7-9-17/h6-11,13,19H,3-5,12,14-15H2,1-2H3,(H,24,27)(H,25,26)/t19-/m1/s1. The minimum Gasteiger partial charge on any atom is -0.492 e. The summed E-state index contributed by atoms with van der Waals surface area (Å²) in [5, 5.41) is 5.93. The molecule has 0 spiro atoms. The van der Waals surface area contributed by atoms with E-state index < -0.39 is 0 Å². The van der Waals surface area contributed by atoms with Gasteiger partial charge in [0.05, 0.1) is 5.92 Å². The van der Waals surface area contributed by atoms with E-state index in [4.69, 9.17) is 4.74 Å². The Hall–Kier alpha value is -2.82. The van der Waals surface area contributed by atoms with E-state index in [1.165, 1.54) is 5.56 Å². The Morgan fingerprint density at radius 3 is 2.68 bits per heavy atom. The van der Waals surface area contributed by atoms with Gasteiger partial charge in [0.25, 0.3) is 0 Å². The monoisotopic (exact) mass is 380 g/mol. The average Bonchev–Trinajstić information content (AvgIpc) is 2.71. The first-order valence-electron chi connectivity index (χ1n) is 9.94. The molecule has 3 rings (SSSR count). The predicted octanol–water partition coefficient (Wildman–Crippen LogP) is 3.99. The van der Waals surface area contributed by atoms with Crippen molar-refractivity contribution in [3.05, 3.63) is 59.2 Å². The summed E-state index contributed by atoms with van der Waals surface area (Å²) in [5.74, 6) is 0.563. The number of amides is 2. The number of benzene rings is 2. The van der Waals surface area contributed by atoms with Gasteiger partial charge < -0.3 is 15.4 Å². The van der Waals surface area contributed by atoms with Crippen LogP contribution in [0.15, 0.2) is 42.5 Å². The zero-order valence-electron chi connectivity index (χ0n) is 16.6. The minimum absolute atomic E-state index is 0.0105. The molecule has 0 bridgehead atoms. The number of hydrogen-bond acceptors (Lipinski definition) is 3. The van der Waals surface area contributed by atoms with Gasteiger partial charge in [-0.15, -0.1) is 0 Å². The summed E-state index contributed by atoms with van der Waals surface area (Å²) in [6.45, 7) is 4.98. The Morgan fingerprint density at radius 2 is 1.93 bits per heavy atom. The second-order valence-electron chi connectivity index (χ2n) is 7.39. The van der Waals surface area contributed by atoms with E-state index in [0.29, 0.717) is 26.0 Å². The molecule has 1 aliphatic rings. The van der Waals surface area contributed by atoms with Crippen LogP contribution in [0.1, 0.15) is 42.9 Å². The van der Waals surface area contributed by atoms with Gasteiger partial charge in [0.2, 0.25) is 11.8 Å². The lowest BCUT2D eigenvalue weighted by atomic mass is 9.95. The first kappa shape index (κ1) is 19.9. The van der Waals surface area contributed by atoms with E-state index >= 15 is 0 Å². The van der Waals surface area contributed by atoms with Crippen LogP contribution in [0, 0.1) is 12.8 Å². The predicted molar refractivity (Wildman–Crippen MR) is 110 cm³/mol. The lowest BCUT2D eigenvalue weighted by Gasteiger charge is -2.25. The van der Waals surface area contributed by atoms with E-state index in [1.54, 1.807) is 0 Å². The van der Waals surface area contributed by atoms with Crippen molar-refractivity contribution in [1.82, 2.24) is 5.32 Å². The van der Waals surface area contributed by atoms with Crippen LogP contribution < -0.4 is 15.4 Å². The average molecular weight is 380 g/mol. The smallest absolute Gasteiger partial charge is 0.227 e. The molecule has 0 radical (unpaired) electrons. The van der Waals surface area contributed by atoms with Crippen molar-refractivity contribution in [1.29, 1.82) is 0 Å². The third-order valence-electron chi connectivity index (χ3n) is 4.97. The van der Waals surface area contributed by atoms with Crippen molar-refractivity contribution >= 4 is 17.5 Å². The van der Waals surface area contributed by atoms with E-state index in [1.807, 2.05) is 49.4 Å². The zero-order chi connectivity index (χ0) is 19.9. The van der Waals surface area contributed by atoms with Crippen LogP contribution in [0.2, 0.25) is 0 Å². The fraction of sp³-hybridized carbons (Fsp3) is 0.391. The molecule has 2 N–H and O–H groups in total. The molecule has 2 amide bonds. The third kappa shape index (κ3) is 5.35. The van der Waals surface area contributed by atoms with Gasteiger partial charge in [-0.05, 0) is 49.1 Å². The maximum absolute atomic E-state index is 12.6. The van der Waals surface area contributed by atoms with Crippen molar-refractivity contribution in [3.63, 3.8) is 0 Å². The fourth-order valence-electron chi connectivity index (χ4n) is 3.24. The molecule has 2 aromatic carbocycles. The summed E-state index contributed by atoms with van der Waals surface area (Å²) in [6.07, 6.45) is 3.00. The number of carbonyl (C=O) groups excluding carboxylic acids is 2. The highest BCUT2D eigenvalue weighted by atomic mass is 16.5. The van der Waals surface area contributed by atoms with Gasteiger partial charge in [-0.25, -0.2) is 0 Å². The topological polar surface area (TPSA) is 67.4 Å². The Morgan fingerprint density at radius 1 is 1.14 bits per heavy atom. The Balaban J connectivity index is 1.57. The Bertz CT molecular complexity index is 830. The summed E-state index contributed by atoms with van der Waals surface area (Å²) in [7, 11) is 0. The molecule has 28 heavy (non-hydrogen) atoms. The van der Waals surface area contributed by atoms with Gasteiger partial charge in [0.1, 0.15) is 12.4 Å². The number of aryl methyl sites for hydroxylation is 1. The normalized spacial score (nSPS) is 15.3. The van der Waals surface area contributed by atoms with E-state index in [-0.39, 0.29) is 17.7 Å². The number of anilines is 1. The maximum atomic E-state index is 12.6. The molecule has 1 atom stereocenters. The van der Waals surface area contributed by atoms with Gasteiger partial charge >= 0.3 is 0 Å². The second kappa shape index (κ2) is 9.40. The van der Waals surface area contributed by atoms with Crippen LogP contribution in [0.4, 0.5) is 5.69 Å². The Kier molecular flexibility index (Phi) is 6.69. The fourth-order valence-corrected chi connectivity index (χ4v) is 3.24. The van der Waals surface area contributed by atoms with Crippen LogP contribution >= 0.6 is 0 Å². The SMILES string of the molecule is CCCCC(=O)Nc1ccc2c(c1)C[C@@H](C(=O)NCc1ccc(C)cc1)CO2. The highest BCUT2D eigenvalue weighted by molar-refractivity contribution is 5.91. The molecule has 0 unspecified atom stereocenters. The van der Waals surface area contributed by atoms with Crippen molar-refractivity contribution in [2.75, 3.05) is 11.9 Å². The van der Waals surface area contributed by atoms with Gasteiger partial charge in [-0.3, -0.25) is 9.59 Å². The molecule has 1 heterocycles. The molecule has 5 heteroatoms. The summed E-state index contributed by atoms with van der Waals surface area (Å²) >= 11 is 0. The van der Waals surface area contributed by atoms with Crippen molar-refractivity contribution in [2.45, 2.75) is 46.1 Å². The number of fused-ring (bicyclic) bond motifs is 1. The van der Waals surface area contributed by atoms with Gasteiger partial charge in [-0.2, -0.15) is 0 Å². The van der Waals surface area contributed by atoms with Crippen LogP contribution in [0.5, 0.6) is 5.75 Å². The summed E-state index contributed by atoms with van der Waals surface area (Å²) in [4.78, 5) is 24.5. The maximum Gasteiger partial charge on any atom is 0.227 e. The molecule has 5 nitrogen and oxygen atoms in total. The molecule has 148 valence electrons. The number of hydrogen-bond donors (Lipinski definition) is 2. The van der Waals surface area contributed by atoms with E-state index in [0.717, 1.165) is 35.4 Å². The van der Waals surface area contributed by atoms with Crippen molar-refractivity contribution in [3.8, 4) is 5.75 Å². The van der Waals surface area contributed by atoms with Crippen molar-refractivity contribution < 1.29 is 14.3 Å². The third-order valence-corrected chi connectivity index (χ3v) is 4.97. The van der Waals surface area contributed by atoms with Crippen LogP contribution in [0.3, 0.4) is 0 Å². The second-order valence-corrected chi connectivity index (χ2v) is 7.39. The lowest BCUT2D eigenvalue weighted by molar-refractivity contribution is -0.126. The molecule has 0 aliphatic carbocycles. The van der Waals surface area contributed by atoms with Crippen LogP contribution in [-0.2, 0) is 22.6 Å².